The second-order valence-corrected chi connectivity index (χ2v) is 31.4. The van der Waals surface area contributed by atoms with Crippen LogP contribution < -0.4 is 0 Å². The van der Waals surface area contributed by atoms with E-state index in [9.17, 15) is 43.2 Å². The Balaban J connectivity index is 5.29. The maximum Gasteiger partial charge on any atom is 0.472 e. The normalized spacial score (nSPS) is 13.9. The second-order valence-electron chi connectivity index (χ2n) is 28.4. The van der Waals surface area contributed by atoms with Gasteiger partial charge in [0.2, 0.25) is 0 Å². The number of allylic oxidation sites excluding steroid dienone is 4. The Morgan fingerprint density at radius 1 is 0.280 bits per heavy atom. The fraction of sp³-hybridized carbons (Fsp3) is 0.901. The first-order valence-corrected chi connectivity index (χ1v) is 44.6. The average Bonchev–Trinajstić information content (AvgIpc) is 0.942. The lowest BCUT2D eigenvalue weighted by molar-refractivity contribution is -0.161. The molecule has 0 aliphatic rings. The van der Waals surface area contributed by atoms with Gasteiger partial charge in [0.25, 0.3) is 0 Å². The summed E-state index contributed by atoms with van der Waals surface area (Å²) in [6, 6.07) is 0. The molecule has 590 valence electrons. The molecule has 0 aliphatic heterocycles. The molecule has 19 heteroatoms. The van der Waals surface area contributed by atoms with E-state index in [0.29, 0.717) is 25.7 Å². The lowest BCUT2D eigenvalue weighted by Crippen LogP contribution is -2.30. The minimum absolute atomic E-state index is 0.0878. The van der Waals surface area contributed by atoms with Crippen molar-refractivity contribution in [1.29, 1.82) is 0 Å². The van der Waals surface area contributed by atoms with E-state index >= 15 is 0 Å². The molecular weight excluding hydrogens is 1310 g/mol. The molecule has 0 saturated heterocycles. The number of hydrogen-bond acceptors (Lipinski definition) is 15. The molecule has 5 atom stereocenters. The van der Waals surface area contributed by atoms with Gasteiger partial charge in [0.05, 0.1) is 26.4 Å². The van der Waals surface area contributed by atoms with Gasteiger partial charge in [0.1, 0.15) is 19.3 Å². The van der Waals surface area contributed by atoms with Crippen LogP contribution in [0.5, 0.6) is 0 Å². The van der Waals surface area contributed by atoms with Crippen molar-refractivity contribution >= 4 is 39.5 Å². The van der Waals surface area contributed by atoms with Gasteiger partial charge < -0.3 is 33.8 Å². The molecule has 0 saturated carbocycles. The van der Waals surface area contributed by atoms with Crippen LogP contribution in [0.25, 0.3) is 0 Å². The fourth-order valence-electron chi connectivity index (χ4n) is 12.1. The van der Waals surface area contributed by atoms with Gasteiger partial charge in [-0.3, -0.25) is 37.3 Å². The molecule has 0 fully saturated rings. The van der Waals surface area contributed by atoms with E-state index in [2.05, 4.69) is 52.0 Å². The van der Waals surface area contributed by atoms with Crippen molar-refractivity contribution in [2.24, 2.45) is 0 Å². The van der Waals surface area contributed by atoms with Gasteiger partial charge in [0, 0.05) is 25.7 Å². The van der Waals surface area contributed by atoms with Gasteiger partial charge in [-0.15, -0.1) is 0 Å². The average molecular weight is 1460 g/mol. The number of carbonyl (C=O) groups is 4. The molecular formula is C81H154O17P2. The van der Waals surface area contributed by atoms with E-state index in [-0.39, 0.29) is 25.7 Å². The van der Waals surface area contributed by atoms with Crippen LogP contribution in [0.15, 0.2) is 24.3 Å². The lowest BCUT2D eigenvalue weighted by Gasteiger charge is -2.21. The standard InChI is InChI=1S/C81H154O17P2/c1-5-9-13-17-21-25-29-33-36-37-40-42-46-50-54-58-62-66-79(84)92-72-77(98-81(86)68-64-60-56-52-48-44-39-35-31-27-23-19-15-11-7-3)74-96-100(89,90)94-70-75(82)69-93-99(87,88)95-73-76(71-91-78(83)65-61-57-53-49-45-41-32-28-24-20-16-12-8-4)97-80(85)67-63-59-55-51-47-43-38-34-30-26-22-18-14-10-6-2/h23,27,35,39,75-77,82H,5-22,24-26,28-34,36-38,40-74H2,1-4H3,(H,87,88)(H,89,90)/b27-23-,39-35-/t75-,76-,77-/m1/s1. The van der Waals surface area contributed by atoms with Crippen molar-refractivity contribution in [3.8, 4) is 0 Å². The third-order valence-electron chi connectivity index (χ3n) is 18.4. The Hall–Kier alpha value is -2.46. The summed E-state index contributed by atoms with van der Waals surface area (Å²) in [5.41, 5.74) is 0. The van der Waals surface area contributed by atoms with Gasteiger partial charge in [-0.1, -0.05) is 354 Å². The largest absolute Gasteiger partial charge is 0.472 e. The molecule has 100 heavy (non-hydrogen) atoms. The number of aliphatic hydroxyl groups is 1. The van der Waals surface area contributed by atoms with Crippen molar-refractivity contribution in [2.45, 2.75) is 431 Å². The monoisotopic (exact) mass is 1460 g/mol. The predicted octanol–water partition coefficient (Wildman–Crippen LogP) is 24.1. The van der Waals surface area contributed by atoms with Crippen LogP contribution in [0.2, 0.25) is 0 Å². The van der Waals surface area contributed by atoms with E-state index < -0.39 is 97.5 Å². The first kappa shape index (κ1) is 97.5. The third kappa shape index (κ3) is 73.8. The summed E-state index contributed by atoms with van der Waals surface area (Å²) in [5.74, 6) is -2.13. The Morgan fingerprint density at radius 2 is 0.490 bits per heavy atom. The van der Waals surface area contributed by atoms with Gasteiger partial charge >= 0.3 is 39.5 Å². The maximum atomic E-state index is 13.1. The Morgan fingerprint density at radius 3 is 0.760 bits per heavy atom. The number of ether oxygens (including phenoxy) is 4. The van der Waals surface area contributed by atoms with Crippen molar-refractivity contribution in [3.63, 3.8) is 0 Å². The highest BCUT2D eigenvalue weighted by molar-refractivity contribution is 7.47. The van der Waals surface area contributed by atoms with Crippen LogP contribution >= 0.6 is 15.6 Å². The predicted molar refractivity (Wildman–Crippen MR) is 409 cm³/mol. The molecule has 0 radical (unpaired) electrons. The van der Waals surface area contributed by atoms with E-state index in [1.54, 1.807) is 0 Å². The Bertz CT molecular complexity index is 1990. The molecule has 0 amide bonds. The SMILES string of the molecule is CCCCC/C=C\C/C=C\CCCCCCCC(=O)O[C@H](COC(=O)CCCCCCCCCCCCCCCCCCC)COP(=O)(O)OC[C@H](O)COP(=O)(O)OC[C@@H](COC(=O)CCCCCCCCCCCCCCC)OC(=O)CCCCCCCCCCCCCCCCC. The number of unbranched alkanes of at least 4 members (excludes halogenated alkanes) is 50. The topological polar surface area (TPSA) is 237 Å². The summed E-state index contributed by atoms with van der Waals surface area (Å²) in [7, 11) is -9.93. The van der Waals surface area contributed by atoms with E-state index in [0.717, 1.165) is 109 Å². The maximum absolute atomic E-state index is 13.1. The molecule has 3 N–H and O–H groups in total. The Labute approximate surface area is 612 Å². The Kier molecular flexibility index (Phi) is 73.0. The molecule has 0 spiro atoms. The summed E-state index contributed by atoms with van der Waals surface area (Å²) < 4.78 is 68.7. The second kappa shape index (κ2) is 74.8. The quantitative estimate of drug-likeness (QED) is 0.0169. The molecule has 0 aromatic heterocycles. The van der Waals surface area contributed by atoms with Crippen LogP contribution in [0, 0.1) is 0 Å². The molecule has 17 nitrogen and oxygen atoms in total. The highest BCUT2D eigenvalue weighted by atomic mass is 31.2. The molecule has 0 bridgehead atoms. The van der Waals surface area contributed by atoms with Crippen LogP contribution in [0.3, 0.4) is 0 Å². The van der Waals surface area contributed by atoms with Crippen molar-refractivity contribution in [2.75, 3.05) is 39.6 Å². The summed E-state index contributed by atoms with van der Waals surface area (Å²) in [6.07, 6.45) is 70.0. The van der Waals surface area contributed by atoms with Crippen LogP contribution in [0.1, 0.15) is 413 Å². The zero-order valence-electron chi connectivity index (χ0n) is 64.7. The first-order valence-electron chi connectivity index (χ1n) is 41.6. The minimum atomic E-state index is -4.97. The number of esters is 4. The smallest absolute Gasteiger partial charge is 0.462 e. The number of hydrogen-bond donors (Lipinski definition) is 3. The lowest BCUT2D eigenvalue weighted by atomic mass is 10.0. The van der Waals surface area contributed by atoms with Crippen molar-refractivity contribution in [1.82, 2.24) is 0 Å². The number of phosphoric ester groups is 2. The molecule has 2 unspecified atom stereocenters. The van der Waals surface area contributed by atoms with Crippen molar-refractivity contribution < 1.29 is 80.2 Å². The summed E-state index contributed by atoms with van der Waals surface area (Å²) >= 11 is 0. The number of aliphatic hydroxyl groups excluding tert-OH is 1. The van der Waals surface area contributed by atoms with E-state index in [4.69, 9.17) is 37.0 Å². The molecule has 0 rings (SSSR count). The van der Waals surface area contributed by atoms with Crippen LogP contribution in [0.4, 0.5) is 0 Å². The molecule has 0 aliphatic carbocycles. The number of phosphoric acid groups is 2. The van der Waals surface area contributed by atoms with Crippen LogP contribution in [-0.4, -0.2) is 96.7 Å². The fourth-order valence-corrected chi connectivity index (χ4v) is 13.7. The third-order valence-corrected chi connectivity index (χ3v) is 20.4. The first-order chi connectivity index (χ1) is 48.7. The van der Waals surface area contributed by atoms with Crippen molar-refractivity contribution in [3.05, 3.63) is 24.3 Å². The van der Waals surface area contributed by atoms with Gasteiger partial charge in [-0.05, 0) is 57.8 Å². The van der Waals surface area contributed by atoms with E-state index in [1.807, 2.05) is 0 Å². The minimum Gasteiger partial charge on any atom is -0.462 e. The highest BCUT2D eigenvalue weighted by Gasteiger charge is 2.30. The van der Waals surface area contributed by atoms with Crippen LogP contribution in [-0.2, 0) is 65.4 Å². The molecule has 0 aromatic rings. The number of rotatable bonds is 80. The molecule has 0 heterocycles. The zero-order valence-corrected chi connectivity index (χ0v) is 66.5. The van der Waals surface area contributed by atoms with Gasteiger partial charge in [-0.25, -0.2) is 9.13 Å². The summed E-state index contributed by atoms with van der Waals surface area (Å²) in [4.78, 5) is 73.0. The summed E-state index contributed by atoms with van der Waals surface area (Å²) in [6.45, 7) is 4.96. The highest BCUT2D eigenvalue weighted by Crippen LogP contribution is 2.45. The zero-order chi connectivity index (χ0) is 73.2. The van der Waals surface area contributed by atoms with E-state index in [1.165, 1.54) is 225 Å². The number of carbonyl (C=O) groups excluding carboxylic acids is 4. The molecule has 0 aromatic carbocycles. The summed E-state index contributed by atoms with van der Waals surface area (Å²) in [5, 5.41) is 10.6. The van der Waals surface area contributed by atoms with Gasteiger partial charge in [-0.2, -0.15) is 0 Å². The van der Waals surface area contributed by atoms with Gasteiger partial charge in [0.15, 0.2) is 12.2 Å².